The van der Waals surface area contributed by atoms with Crippen molar-refractivity contribution >= 4 is 29.1 Å². The van der Waals surface area contributed by atoms with Crippen molar-refractivity contribution in [2.75, 3.05) is 29.9 Å². The zero-order chi connectivity index (χ0) is 23.3. The highest BCUT2D eigenvalue weighted by atomic mass is 32.1. The van der Waals surface area contributed by atoms with Crippen molar-refractivity contribution < 1.29 is 13.2 Å². The molecule has 9 heteroatoms. The van der Waals surface area contributed by atoms with E-state index in [1.807, 2.05) is 23.1 Å². The lowest BCUT2D eigenvalue weighted by molar-refractivity contribution is -0.141. The van der Waals surface area contributed by atoms with Gasteiger partial charge in [-0.3, -0.25) is 0 Å². The number of hydrogen-bond donors (Lipinski definition) is 2. The third-order valence-corrected chi connectivity index (χ3v) is 6.94. The number of alkyl halides is 3. The summed E-state index contributed by atoms with van der Waals surface area (Å²) in [7, 11) is 0. The summed E-state index contributed by atoms with van der Waals surface area (Å²) in [4.78, 5) is 10.0. The van der Waals surface area contributed by atoms with Gasteiger partial charge in [0, 0.05) is 31.1 Å². The van der Waals surface area contributed by atoms with Crippen molar-refractivity contribution in [1.29, 1.82) is 0 Å². The summed E-state index contributed by atoms with van der Waals surface area (Å²) in [5.74, 6) is 0.169. The van der Waals surface area contributed by atoms with E-state index in [-0.39, 0.29) is 16.5 Å². The van der Waals surface area contributed by atoms with Crippen LogP contribution in [0.4, 0.5) is 24.9 Å². The van der Waals surface area contributed by atoms with Crippen LogP contribution >= 0.6 is 12.2 Å². The fourth-order valence-corrected chi connectivity index (χ4v) is 5.07. The number of halogens is 3. The molecule has 0 amide bonds. The van der Waals surface area contributed by atoms with E-state index in [1.54, 1.807) is 0 Å². The van der Waals surface area contributed by atoms with Crippen LogP contribution in [0.3, 0.4) is 0 Å². The van der Waals surface area contributed by atoms with Crippen molar-refractivity contribution in [2.24, 2.45) is 0 Å². The highest BCUT2D eigenvalue weighted by Gasteiger charge is 2.36. The lowest BCUT2D eigenvalue weighted by Crippen LogP contribution is -2.41. The predicted molar refractivity (Wildman–Crippen MR) is 129 cm³/mol. The molecule has 1 aliphatic carbocycles. The second-order valence-corrected chi connectivity index (χ2v) is 9.40. The molecule has 2 fully saturated rings. The summed E-state index contributed by atoms with van der Waals surface area (Å²) in [6.07, 6.45) is 3.87. The molecular formula is C24H30F3N5S. The Hall–Kier alpha value is -2.42. The number of thiocarbonyl (C=S) groups is 1. The summed E-state index contributed by atoms with van der Waals surface area (Å²) < 4.78 is 40.6. The van der Waals surface area contributed by atoms with Crippen LogP contribution < -0.4 is 15.5 Å². The molecule has 1 saturated heterocycles. The molecule has 178 valence electrons. The van der Waals surface area contributed by atoms with Gasteiger partial charge in [-0.05, 0) is 43.5 Å². The maximum atomic E-state index is 13.5. The maximum absolute atomic E-state index is 13.5. The molecule has 0 radical (unpaired) electrons. The van der Waals surface area contributed by atoms with Gasteiger partial charge < -0.3 is 15.5 Å². The van der Waals surface area contributed by atoms with E-state index < -0.39 is 11.9 Å². The van der Waals surface area contributed by atoms with Gasteiger partial charge in [0.05, 0.1) is 0 Å². The van der Waals surface area contributed by atoms with Crippen LogP contribution in [-0.2, 0) is 11.6 Å². The maximum Gasteiger partial charge on any atom is 0.433 e. The molecule has 5 nitrogen and oxygen atoms in total. The van der Waals surface area contributed by atoms with E-state index in [0.29, 0.717) is 25.5 Å². The summed E-state index contributed by atoms with van der Waals surface area (Å²) in [6.45, 7) is 1.99. The first-order chi connectivity index (χ1) is 15.9. The molecule has 4 rings (SSSR count). The highest BCUT2D eigenvalue weighted by molar-refractivity contribution is 7.80. The van der Waals surface area contributed by atoms with E-state index in [2.05, 4.69) is 32.7 Å². The smallest absolute Gasteiger partial charge is 0.361 e. The SMILES string of the molecule is FC(F)(F)c1cc(N2CCCCCC2)nc(NC(=S)NCC2(c3ccccc3)CCCC2)n1. The molecule has 1 aromatic heterocycles. The lowest BCUT2D eigenvalue weighted by atomic mass is 9.79. The molecular weight excluding hydrogens is 447 g/mol. The van der Waals surface area contributed by atoms with Crippen LogP contribution in [0.2, 0.25) is 0 Å². The summed E-state index contributed by atoms with van der Waals surface area (Å²) >= 11 is 5.43. The van der Waals surface area contributed by atoms with Crippen molar-refractivity contribution in [3.63, 3.8) is 0 Å². The Morgan fingerprint density at radius 3 is 2.27 bits per heavy atom. The minimum Gasteiger partial charge on any atom is -0.361 e. The Labute approximate surface area is 198 Å². The summed E-state index contributed by atoms with van der Waals surface area (Å²) in [5.41, 5.74) is 0.272. The van der Waals surface area contributed by atoms with Gasteiger partial charge in [0.15, 0.2) is 10.8 Å². The van der Waals surface area contributed by atoms with E-state index in [4.69, 9.17) is 12.2 Å². The van der Waals surface area contributed by atoms with Crippen LogP contribution in [0.25, 0.3) is 0 Å². The van der Waals surface area contributed by atoms with Gasteiger partial charge in [0.1, 0.15) is 5.82 Å². The standard InChI is InChI=1S/C24H30F3N5S/c25-24(26,27)19-16-20(32-14-8-1-2-9-15-32)30-21(29-19)31-22(33)28-17-23(12-6-7-13-23)18-10-4-3-5-11-18/h3-5,10-11,16H,1-2,6-9,12-15,17H2,(H2,28,29,30,31,33). The fourth-order valence-electron chi connectivity index (χ4n) is 4.90. The van der Waals surface area contributed by atoms with E-state index in [0.717, 1.165) is 57.4 Å². The first-order valence-electron chi connectivity index (χ1n) is 11.7. The quantitative estimate of drug-likeness (QED) is 0.541. The Kier molecular flexibility index (Phi) is 7.36. The Bertz CT molecular complexity index is 937. The average Bonchev–Trinajstić information content (AvgIpc) is 3.12. The van der Waals surface area contributed by atoms with Gasteiger partial charge in [-0.2, -0.15) is 18.2 Å². The zero-order valence-corrected chi connectivity index (χ0v) is 19.4. The van der Waals surface area contributed by atoms with Crippen LogP contribution in [0, 0.1) is 0 Å². The Morgan fingerprint density at radius 2 is 1.64 bits per heavy atom. The monoisotopic (exact) mass is 477 g/mol. The molecule has 0 unspecified atom stereocenters. The van der Waals surface area contributed by atoms with E-state index >= 15 is 0 Å². The van der Waals surface area contributed by atoms with Crippen molar-refractivity contribution in [2.45, 2.75) is 63.0 Å². The molecule has 2 aliphatic rings. The first kappa shape index (κ1) is 23.7. The topological polar surface area (TPSA) is 53.1 Å². The van der Waals surface area contributed by atoms with Crippen molar-refractivity contribution in [3.8, 4) is 0 Å². The lowest BCUT2D eigenvalue weighted by Gasteiger charge is -2.30. The molecule has 1 aliphatic heterocycles. The molecule has 2 heterocycles. The molecule has 2 aromatic rings. The highest BCUT2D eigenvalue weighted by Crippen LogP contribution is 2.40. The molecule has 0 atom stereocenters. The van der Waals surface area contributed by atoms with Crippen LogP contribution in [-0.4, -0.2) is 34.7 Å². The summed E-state index contributed by atoms with van der Waals surface area (Å²) in [5, 5.41) is 6.27. The minimum absolute atomic E-state index is 0.0289. The van der Waals surface area contributed by atoms with Crippen LogP contribution in [0.1, 0.15) is 62.6 Å². The van der Waals surface area contributed by atoms with Crippen LogP contribution in [0.15, 0.2) is 36.4 Å². The average molecular weight is 478 g/mol. The van der Waals surface area contributed by atoms with Crippen LogP contribution in [0.5, 0.6) is 0 Å². The molecule has 1 aromatic carbocycles. The van der Waals surface area contributed by atoms with Gasteiger partial charge in [-0.1, -0.05) is 56.0 Å². The molecule has 33 heavy (non-hydrogen) atoms. The molecule has 0 bridgehead atoms. The van der Waals surface area contributed by atoms with Gasteiger partial charge in [0.2, 0.25) is 5.95 Å². The largest absolute Gasteiger partial charge is 0.433 e. The molecule has 0 spiro atoms. The van der Waals surface area contributed by atoms with Crippen molar-refractivity contribution in [1.82, 2.24) is 15.3 Å². The van der Waals surface area contributed by atoms with E-state index in [9.17, 15) is 13.2 Å². The van der Waals surface area contributed by atoms with Crippen molar-refractivity contribution in [3.05, 3.63) is 47.7 Å². The fraction of sp³-hybridized carbons (Fsp3) is 0.542. The number of nitrogens with zero attached hydrogens (tertiary/aromatic N) is 3. The Morgan fingerprint density at radius 1 is 0.970 bits per heavy atom. The molecule has 2 N–H and O–H groups in total. The zero-order valence-electron chi connectivity index (χ0n) is 18.6. The predicted octanol–water partition coefficient (Wildman–Crippen LogP) is 5.67. The second-order valence-electron chi connectivity index (χ2n) is 9.00. The number of aromatic nitrogens is 2. The molecule has 1 saturated carbocycles. The number of benzene rings is 1. The van der Waals surface area contributed by atoms with Gasteiger partial charge >= 0.3 is 6.18 Å². The minimum atomic E-state index is -4.56. The number of hydrogen-bond acceptors (Lipinski definition) is 4. The van der Waals surface area contributed by atoms with E-state index in [1.165, 1.54) is 5.56 Å². The third kappa shape index (κ3) is 5.93. The second kappa shape index (κ2) is 10.2. The number of nitrogens with one attached hydrogen (secondary N) is 2. The first-order valence-corrected chi connectivity index (χ1v) is 12.1. The number of rotatable bonds is 5. The normalized spacial score (nSPS) is 18.6. The number of anilines is 2. The third-order valence-electron chi connectivity index (χ3n) is 6.69. The van der Waals surface area contributed by atoms with Gasteiger partial charge in [-0.25, -0.2) is 4.98 Å². The summed E-state index contributed by atoms with van der Waals surface area (Å²) in [6, 6.07) is 11.4. The van der Waals surface area contributed by atoms with Gasteiger partial charge in [-0.15, -0.1) is 0 Å². The van der Waals surface area contributed by atoms with Gasteiger partial charge in [0.25, 0.3) is 0 Å². The Balaban J connectivity index is 1.49.